The molecule has 1 aliphatic rings. The minimum absolute atomic E-state index is 0.287. The molecular formula is C8H17NO. The summed E-state index contributed by atoms with van der Waals surface area (Å²) < 4.78 is 4.97. The second kappa shape index (κ2) is 3.35. The lowest BCUT2D eigenvalue weighted by Gasteiger charge is -2.08. The Bertz CT molecular complexity index is 105. The molecule has 2 N–H and O–H groups in total. The van der Waals surface area contributed by atoms with Crippen molar-refractivity contribution in [3.63, 3.8) is 0 Å². The van der Waals surface area contributed by atoms with Crippen LogP contribution in [0.1, 0.15) is 19.8 Å². The van der Waals surface area contributed by atoms with Gasteiger partial charge in [-0.05, 0) is 18.3 Å². The highest BCUT2D eigenvalue weighted by Gasteiger charge is 2.39. The van der Waals surface area contributed by atoms with Crippen LogP contribution in [0.5, 0.6) is 0 Å². The van der Waals surface area contributed by atoms with Crippen LogP contribution in [0.4, 0.5) is 0 Å². The second-order valence-corrected chi connectivity index (χ2v) is 3.19. The molecule has 1 rings (SSSR count). The molecular weight excluding hydrogens is 126 g/mol. The Labute approximate surface area is 62.7 Å². The van der Waals surface area contributed by atoms with E-state index in [0.29, 0.717) is 0 Å². The van der Waals surface area contributed by atoms with E-state index in [2.05, 4.69) is 6.92 Å². The number of hydrogen-bond donors (Lipinski definition) is 1. The van der Waals surface area contributed by atoms with Crippen LogP contribution in [0.2, 0.25) is 0 Å². The van der Waals surface area contributed by atoms with Gasteiger partial charge >= 0.3 is 0 Å². The number of nitrogens with two attached hydrogens (primary N) is 1. The summed E-state index contributed by atoms with van der Waals surface area (Å²) in [6.07, 6.45) is 2.60. The van der Waals surface area contributed by atoms with Crippen molar-refractivity contribution >= 4 is 0 Å². The molecule has 2 heteroatoms. The first kappa shape index (κ1) is 8.02. The fraction of sp³-hybridized carbons (Fsp3) is 1.00. The Kier molecular flexibility index (Phi) is 2.69. The van der Waals surface area contributed by atoms with Crippen molar-refractivity contribution < 1.29 is 4.74 Å². The highest BCUT2D eigenvalue weighted by atomic mass is 16.5. The first-order valence-electron chi connectivity index (χ1n) is 4.04. The molecule has 0 aromatic rings. The lowest BCUT2D eigenvalue weighted by molar-refractivity contribution is 0.171. The van der Waals surface area contributed by atoms with E-state index in [1.807, 2.05) is 0 Å². The van der Waals surface area contributed by atoms with Gasteiger partial charge in [-0.15, -0.1) is 0 Å². The zero-order chi connectivity index (χ0) is 7.56. The molecule has 0 heterocycles. The highest BCUT2D eigenvalue weighted by Crippen LogP contribution is 2.42. The van der Waals surface area contributed by atoms with Crippen LogP contribution >= 0.6 is 0 Å². The molecule has 0 saturated heterocycles. The maximum Gasteiger partial charge on any atom is 0.0616 e. The molecule has 0 aliphatic heterocycles. The van der Waals surface area contributed by atoms with E-state index >= 15 is 0 Å². The molecule has 0 amide bonds. The van der Waals surface area contributed by atoms with E-state index in [4.69, 9.17) is 10.5 Å². The summed E-state index contributed by atoms with van der Waals surface area (Å²) in [7, 11) is 1.71. The van der Waals surface area contributed by atoms with E-state index in [-0.39, 0.29) is 6.04 Å². The Morgan fingerprint density at radius 1 is 1.70 bits per heavy atom. The van der Waals surface area contributed by atoms with Crippen molar-refractivity contribution in [2.45, 2.75) is 25.8 Å². The summed E-state index contributed by atoms with van der Waals surface area (Å²) in [6, 6.07) is 0.287. The van der Waals surface area contributed by atoms with Crippen LogP contribution in [0.25, 0.3) is 0 Å². The molecule has 1 saturated carbocycles. The zero-order valence-corrected chi connectivity index (χ0v) is 6.84. The van der Waals surface area contributed by atoms with Crippen LogP contribution < -0.4 is 5.73 Å². The van der Waals surface area contributed by atoms with Gasteiger partial charge in [-0.25, -0.2) is 0 Å². The lowest BCUT2D eigenvalue weighted by Crippen LogP contribution is -2.28. The molecule has 0 aromatic carbocycles. The van der Waals surface area contributed by atoms with Crippen molar-refractivity contribution in [1.82, 2.24) is 0 Å². The maximum absolute atomic E-state index is 5.83. The average Bonchev–Trinajstić information content (AvgIpc) is 2.66. The van der Waals surface area contributed by atoms with Gasteiger partial charge in [0.05, 0.1) is 6.61 Å². The Morgan fingerprint density at radius 3 is 2.80 bits per heavy atom. The Morgan fingerprint density at radius 2 is 2.40 bits per heavy atom. The first-order chi connectivity index (χ1) is 4.79. The molecule has 0 aromatic heterocycles. The number of ether oxygens (including phenoxy) is 1. The maximum atomic E-state index is 5.83. The molecule has 0 bridgehead atoms. The number of hydrogen-bond acceptors (Lipinski definition) is 2. The van der Waals surface area contributed by atoms with Crippen LogP contribution in [-0.4, -0.2) is 19.8 Å². The second-order valence-electron chi connectivity index (χ2n) is 3.19. The van der Waals surface area contributed by atoms with Crippen molar-refractivity contribution in [2.75, 3.05) is 13.7 Å². The Balaban J connectivity index is 2.12. The minimum Gasteiger partial charge on any atom is -0.383 e. The van der Waals surface area contributed by atoms with Gasteiger partial charge < -0.3 is 10.5 Å². The van der Waals surface area contributed by atoms with Crippen LogP contribution in [0.3, 0.4) is 0 Å². The smallest absolute Gasteiger partial charge is 0.0616 e. The van der Waals surface area contributed by atoms with E-state index in [9.17, 15) is 0 Å². The van der Waals surface area contributed by atoms with Crippen molar-refractivity contribution in [3.05, 3.63) is 0 Å². The third-order valence-corrected chi connectivity index (χ3v) is 2.41. The van der Waals surface area contributed by atoms with Gasteiger partial charge in [0, 0.05) is 13.2 Å². The molecule has 1 aliphatic carbocycles. The molecule has 0 spiro atoms. The molecule has 0 radical (unpaired) electrons. The minimum atomic E-state index is 0.287. The summed E-state index contributed by atoms with van der Waals surface area (Å²) in [5.74, 6) is 1.65. The largest absolute Gasteiger partial charge is 0.383 e. The predicted octanol–water partition coefficient (Wildman–Crippen LogP) is 1.01. The van der Waals surface area contributed by atoms with Gasteiger partial charge in [-0.3, -0.25) is 0 Å². The Hall–Kier alpha value is -0.0800. The van der Waals surface area contributed by atoms with Crippen LogP contribution in [-0.2, 0) is 4.74 Å². The fourth-order valence-electron chi connectivity index (χ4n) is 1.58. The van der Waals surface area contributed by atoms with Crippen molar-refractivity contribution in [2.24, 2.45) is 17.6 Å². The average molecular weight is 143 g/mol. The lowest BCUT2D eigenvalue weighted by atomic mass is 10.1. The van der Waals surface area contributed by atoms with E-state index < -0.39 is 0 Å². The zero-order valence-electron chi connectivity index (χ0n) is 6.84. The van der Waals surface area contributed by atoms with Gasteiger partial charge in [0.1, 0.15) is 0 Å². The van der Waals surface area contributed by atoms with E-state index in [1.165, 1.54) is 12.8 Å². The third-order valence-electron chi connectivity index (χ3n) is 2.41. The molecule has 1 unspecified atom stereocenters. The van der Waals surface area contributed by atoms with E-state index in [1.54, 1.807) is 7.11 Å². The van der Waals surface area contributed by atoms with Crippen LogP contribution in [0.15, 0.2) is 0 Å². The SMILES string of the molecule is CC[C@@H]1C[C@H]1C(N)COC. The van der Waals surface area contributed by atoms with Crippen molar-refractivity contribution in [1.29, 1.82) is 0 Å². The van der Waals surface area contributed by atoms with Gasteiger partial charge in [-0.2, -0.15) is 0 Å². The molecule has 10 heavy (non-hydrogen) atoms. The predicted molar refractivity (Wildman–Crippen MR) is 41.7 cm³/mol. The molecule has 3 atom stereocenters. The van der Waals surface area contributed by atoms with Gasteiger partial charge in [0.2, 0.25) is 0 Å². The number of rotatable bonds is 4. The van der Waals surface area contributed by atoms with Gasteiger partial charge in [-0.1, -0.05) is 13.3 Å². The third kappa shape index (κ3) is 1.70. The number of methoxy groups -OCH3 is 1. The van der Waals surface area contributed by atoms with Crippen LogP contribution in [0, 0.1) is 11.8 Å². The summed E-state index contributed by atoms with van der Waals surface area (Å²) in [5.41, 5.74) is 5.83. The molecule has 1 fully saturated rings. The summed E-state index contributed by atoms with van der Waals surface area (Å²) >= 11 is 0. The fourth-order valence-corrected chi connectivity index (χ4v) is 1.58. The monoisotopic (exact) mass is 143 g/mol. The first-order valence-corrected chi connectivity index (χ1v) is 4.04. The quantitative estimate of drug-likeness (QED) is 0.637. The normalized spacial score (nSPS) is 33.9. The topological polar surface area (TPSA) is 35.2 Å². The molecule has 2 nitrogen and oxygen atoms in total. The van der Waals surface area contributed by atoms with E-state index in [0.717, 1.165) is 18.4 Å². The standard InChI is InChI=1S/C8H17NO/c1-3-6-4-7(6)8(9)5-10-2/h6-8H,3-5,9H2,1-2H3/t6-,7-,8?/m1/s1. The van der Waals surface area contributed by atoms with Gasteiger partial charge in [0.15, 0.2) is 0 Å². The highest BCUT2D eigenvalue weighted by molar-refractivity contribution is 4.92. The summed E-state index contributed by atoms with van der Waals surface area (Å²) in [6.45, 7) is 2.95. The summed E-state index contributed by atoms with van der Waals surface area (Å²) in [4.78, 5) is 0. The molecule has 60 valence electrons. The van der Waals surface area contributed by atoms with Crippen molar-refractivity contribution in [3.8, 4) is 0 Å². The van der Waals surface area contributed by atoms with Gasteiger partial charge in [0.25, 0.3) is 0 Å². The summed E-state index contributed by atoms with van der Waals surface area (Å²) in [5, 5.41) is 0.